The molecule has 1 rings (SSSR count). The average Bonchev–Trinajstić information content (AvgIpc) is 2.29. The minimum Gasteiger partial charge on any atom is -0.481 e. The van der Waals surface area contributed by atoms with Crippen molar-refractivity contribution < 1.29 is 9.53 Å². The molecule has 118 valence electrons. The monoisotopic (exact) mass is 356 g/mol. The maximum atomic E-state index is 12.1. The number of halogens is 1. The Balaban J connectivity index is 2.84. The number of hydrogen-bond acceptors (Lipinski definition) is 3. The molecule has 0 aromatic heterocycles. The second kappa shape index (κ2) is 7.27. The number of carbonyl (C=O) groups is 1. The number of nitrogens with one attached hydrogen (secondary N) is 1. The van der Waals surface area contributed by atoms with Crippen LogP contribution in [0.25, 0.3) is 0 Å². The fourth-order valence-electron chi connectivity index (χ4n) is 1.88. The summed E-state index contributed by atoms with van der Waals surface area (Å²) in [6.45, 7) is 9.52. The zero-order valence-electron chi connectivity index (χ0n) is 13.4. The lowest BCUT2D eigenvalue weighted by atomic mass is 10.1. The van der Waals surface area contributed by atoms with Crippen molar-refractivity contribution in [3.05, 3.63) is 28.2 Å². The fraction of sp³-hybridized carbons (Fsp3) is 0.562. The van der Waals surface area contributed by atoms with Crippen molar-refractivity contribution >= 4 is 21.8 Å². The van der Waals surface area contributed by atoms with Crippen LogP contribution in [0.1, 0.15) is 40.2 Å². The van der Waals surface area contributed by atoms with Gasteiger partial charge in [0.25, 0.3) is 5.91 Å². The van der Waals surface area contributed by atoms with Crippen LogP contribution in [0.2, 0.25) is 0 Å². The van der Waals surface area contributed by atoms with Crippen LogP contribution in [0.15, 0.2) is 22.7 Å². The van der Waals surface area contributed by atoms with Crippen LogP contribution in [0.3, 0.4) is 0 Å². The predicted molar refractivity (Wildman–Crippen MR) is 89.5 cm³/mol. The first-order chi connectivity index (χ1) is 9.58. The highest BCUT2D eigenvalue weighted by Gasteiger charge is 2.21. The summed E-state index contributed by atoms with van der Waals surface area (Å²) >= 11 is 3.45. The van der Waals surface area contributed by atoms with Gasteiger partial charge in [-0.25, -0.2) is 0 Å². The summed E-state index contributed by atoms with van der Waals surface area (Å²) in [6, 6.07) is 5.77. The third-order valence-corrected chi connectivity index (χ3v) is 3.23. The van der Waals surface area contributed by atoms with Gasteiger partial charge in [0.15, 0.2) is 6.10 Å². The first-order valence-electron chi connectivity index (χ1n) is 7.11. The second-order valence-corrected chi connectivity index (χ2v) is 7.35. The molecule has 0 aliphatic carbocycles. The molecule has 0 bridgehead atoms. The maximum Gasteiger partial charge on any atom is 0.261 e. The van der Waals surface area contributed by atoms with E-state index in [1.807, 2.05) is 45.9 Å². The molecule has 21 heavy (non-hydrogen) atoms. The zero-order chi connectivity index (χ0) is 16.2. The molecule has 0 saturated heterocycles. The van der Waals surface area contributed by atoms with E-state index in [-0.39, 0.29) is 17.5 Å². The average molecular weight is 357 g/mol. The topological polar surface area (TPSA) is 64.3 Å². The largest absolute Gasteiger partial charge is 0.481 e. The van der Waals surface area contributed by atoms with E-state index in [4.69, 9.17) is 10.5 Å². The minimum atomic E-state index is -0.558. The maximum absolute atomic E-state index is 12.1. The second-order valence-electron chi connectivity index (χ2n) is 6.43. The standard InChI is InChI=1S/C16H25BrN2O2/c1-10(18)8-12-9-13(17)6-7-14(12)21-11(2)15(20)19-16(3,4)5/h6-7,9-11H,8,18H2,1-5H3,(H,19,20). The van der Waals surface area contributed by atoms with Crippen LogP contribution < -0.4 is 15.8 Å². The molecule has 4 nitrogen and oxygen atoms in total. The molecule has 5 heteroatoms. The molecule has 3 N–H and O–H groups in total. The van der Waals surface area contributed by atoms with Gasteiger partial charge >= 0.3 is 0 Å². The number of benzene rings is 1. The van der Waals surface area contributed by atoms with Gasteiger partial charge in [0.1, 0.15) is 5.75 Å². The van der Waals surface area contributed by atoms with Crippen molar-refractivity contribution in [2.24, 2.45) is 5.73 Å². The molecular formula is C16H25BrN2O2. The van der Waals surface area contributed by atoms with Gasteiger partial charge in [0.05, 0.1) is 0 Å². The van der Waals surface area contributed by atoms with Crippen molar-refractivity contribution in [2.75, 3.05) is 0 Å². The Morgan fingerprint density at radius 2 is 2.00 bits per heavy atom. The fourth-order valence-corrected chi connectivity index (χ4v) is 2.29. The molecule has 0 radical (unpaired) electrons. The lowest BCUT2D eigenvalue weighted by Gasteiger charge is -2.24. The van der Waals surface area contributed by atoms with E-state index in [1.165, 1.54) is 0 Å². The van der Waals surface area contributed by atoms with E-state index in [0.717, 1.165) is 10.0 Å². The Kier molecular flexibility index (Phi) is 6.23. The lowest BCUT2D eigenvalue weighted by molar-refractivity contribution is -0.128. The van der Waals surface area contributed by atoms with Crippen LogP contribution in [-0.4, -0.2) is 23.6 Å². The Morgan fingerprint density at radius 3 is 2.52 bits per heavy atom. The van der Waals surface area contributed by atoms with E-state index in [9.17, 15) is 4.79 Å². The van der Waals surface area contributed by atoms with Gasteiger partial charge < -0.3 is 15.8 Å². The van der Waals surface area contributed by atoms with Crippen molar-refractivity contribution in [1.82, 2.24) is 5.32 Å². The number of hydrogen-bond donors (Lipinski definition) is 2. The van der Waals surface area contributed by atoms with Crippen LogP contribution in [-0.2, 0) is 11.2 Å². The van der Waals surface area contributed by atoms with Gasteiger partial charge in [-0.1, -0.05) is 15.9 Å². The zero-order valence-corrected chi connectivity index (χ0v) is 15.0. The summed E-state index contributed by atoms with van der Waals surface area (Å²) in [5, 5.41) is 2.91. The Bertz CT molecular complexity index is 496. The number of rotatable bonds is 5. The summed E-state index contributed by atoms with van der Waals surface area (Å²) < 4.78 is 6.79. The summed E-state index contributed by atoms with van der Waals surface area (Å²) in [6.07, 6.45) is 0.139. The highest BCUT2D eigenvalue weighted by molar-refractivity contribution is 9.10. The highest BCUT2D eigenvalue weighted by Crippen LogP contribution is 2.25. The Hall–Kier alpha value is -1.07. The van der Waals surface area contributed by atoms with Crippen molar-refractivity contribution in [3.8, 4) is 5.75 Å². The molecule has 1 amide bonds. The molecule has 0 saturated carbocycles. The molecule has 0 aliphatic rings. The van der Waals surface area contributed by atoms with E-state index >= 15 is 0 Å². The van der Waals surface area contributed by atoms with Crippen LogP contribution in [0, 0.1) is 0 Å². The molecule has 2 unspecified atom stereocenters. The van der Waals surface area contributed by atoms with Gasteiger partial charge in [-0.05, 0) is 64.8 Å². The van der Waals surface area contributed by atoms with Crippen LogP contribution >= 0.6 is 15.9 Å². The first-order valence-corrected chi connectivity index (χ1v) is 7.90. The molecule has 1 aromatic carbocycles. The van der Waals surface area contributed by atoms with E-state index in [0.29, 0.717) is 12.2 Å². The number of carbonyl (C=O) groups excluding carboxylic acids is 1. The Labute approximate surface area is 135 Å². The molecule has 0 spiro atoms. The third-order valence-electron chi connectivity index (χ3n) is 2.74. The van der Waals surface area contributed by atoms with E-state index in [2.05, 4.69) is 21.2 Å². The quantitative estimate of drug-likeness (QED) is 0.852. The summed E-state index contributed by atoms with van der Waals surface area (Å²) in [5.41, 5.74) is 6.59. The van der Waals surface area contributed by atoms with Gasteiger partial charge in [0.2, 0.25) is 0 Å². The van der Waals surface area contributed by atoms with Gasteiger partial charge in [-0.15, -0.1) is 0 Å². The van der Waals surface area contributed by atoms with Gasteiger partial charge in [-0.3, -0.25) is 4.79 Å². The number of amides is 1. The normalized spacial score (nSPS) is 14.4. The van der Waals surface area contributed by atoms with Crippen LogP contribution in [0.5, 0.6) is 5.75 Å². The van der Waals surface area contributed by atoms with Crippen LogP contribution in [0.4, 0.5) is 0 Å². The van der Waals surface area contributed by atoms with E-state index < -0.39 is 6.10 Å². The van der Waals surface area contributed by atoms with Gasteiger partial charge in [-0.2, -0.15) is 0 Å². The molecule has 2 atom stereocenters. The van der Waals surface area contributed by atoms with Crippen molar-refractivity contribution in [3.63, 3.8) is 0 Å². The molecule has 0 aliphatic heterocycles. The summed E-state index contributed by atoms with van der Waals surface area (Å²) in [7, 11) is 0. The number of ether oxygens (including phenoxy) is 1. The Morgan fingerprint density at radius 1 is 1.38 bits per heavy atom. The van der Waals surface area contributed by atoms with E-state index in [1.54, 1.807) is 6.92 Å². The predicted octanol–water partition coefficient (Wildman–Crippen LogP) is 3.02. The molecule has 0 fully saturated rings. The highest BCUT2D eigenvalue weighted by atomic mass is 79.9. The summed E-state index contributed by atoms with van der Waals surface area (Å²) in [4.78, 5) is 12.1. The van der Waals surface area contributed by atoms with Crippen molar-refractivity contribution in [2.45, 2.75) is 58.7 Å². The molecule has 0 heterocycles. The third kappa shape index (κ3) is 6.48. The van der Waals surface area contributed by atoms with Gasteiger partial charge in [0, 0.05) is 16.1 Å². The molecular weight excluding hydrogens is 332 g/mol. The lowest BCUT2D eigenvalue weighted by Crippen LogP contribution is -2.46. The molecule has 1 aromatic rings. The summed E-state index contributed by atoms with van der Waals surface area (Å²) in [5.74, 6) is 0.573. The number of nitrogens with two attached hydrogens (primary N) is 1. The SMILES string of the molecule is CC(N)Cc1cc(Br)ccc1OC(C)C(=O)NC(C)(C)C. The smallest absolute Gasteiger partial charge is 0.261 e. The minimum absolute atomic E-state index is 0.0281. The van der Waals surface area contributed by atoms with Crippen molar-refractivity contribution in [1.29, 1.82) is 0 Å². The first kappa shape index (κ1) is 18.0.